The first kappa shape index (κ1) is 32.2. The van der Waals surface area contributed by atoms with E-state index in [0.717, 1.165) is 12.0 Å². The van der Waals surface area contributed by atoms with Gasteiger partial charge in [-0.1, -0.05) is 66.6 Å². The molecule has 202 valence electrons. The summed E-state index contributed by atoms with van der Waals surface area (Å²) >= 11 is 3.29. The Balaban J connectivity index is 3.37. The topological polar surface area (TPSA) is 83.5 Å². The molecule has 1 N–H and O–H groups in total. The van der Waals surface area contributed by atoms with Crippen LogP contribution in [0.5, 0.6) is 0 Å². The summed E-state index contributed by atoms with van der Waals surface area (Å²) in [5.74, 6) is -2.26. The van der Waals surface area contributed by atoms with Crippen LogP contribution in [0.3, 0.4) is 0 Å². The Hall–Kier alpha value is -0.813. The highest BCUT2D eigenvalue weighted by atomic mass is 79.9. The van der Waals surface area contributed by atoms with Gasteiger partial charge < -0.3 is 28.5 Å². The molecule has 9 heteroatoms. The molecule has 1 saturated heterocycles. The molecule has 0 aromatic rings. The number of carbonyl (C=O) groups is 1. The lowest BCUT2D eigenvalue weighted by molar-refractivity contribution is -0.297. The minimum Gasteiger partial charge on any atom is -0.481 e. The zero-order valence-electron chi connectivity index (χ0n) is 22.8. The van der Waals surface area contributed by atoms with Crippen LogP contribution < -0.4 is 0 Å². The molecule has 0 bridgehead atoms. The molecule has 0 unspecified atom stereocenters. The van der Waals surface area contributed by atoms with E-state index in [2.05, 4.69) is 55.9 Å². The standard InChI is InChI=1S/C26H45BrO7Si/c1-19(12-13-20(30-5)11-10-14-27)15-23(34-35(8,9)25(2,3)4)22-16-21(31-6)17-26(32-7,33-22)18-24(28)29/h10,12-15,20-23H,11,16-18H2,1-9H3,(H,28,29)/b13-12+,14-10+,19-15+/t20-,21-,22-,23-,26+/m1/s1. The Labute approximate surface area is 221 Å². The molecule has 0 aromatic carbocycles. The van der Waals surface area contributed by atoms with Crippen molar-refractivity contribution in [2.75, 3.05) is 21.3 Å². The molecule has 0 spiro atoms. The number of allylic oxidation sites excluding steroid dienone is 2. The molecule has 0 saturated carbocycles. The maximum Gasteiger partial charge on any atom is 0.308 e. The molecule has 1 fully saturated rings. The quantitative estimate of drug-likeness (QED) is 0.206. The van der Waals surface area contributed by atoms with Crippen molar-refractivity contribution < 1.29 is 33.3 Å². The van der Waals surface area contributed by atoms with E-state index in [0.29, 0.717) is 12.8 Å². The third kappa shape index (κ3) is 10.2. The molecule has 7 nitrogen and oxygen atoms in total. The summed E-state index contributed by atoms with van der Waals surface area (Å²) in [6, 6.07) is 0. The second-order valence-electron chi connectivity index (χ2n) is 10.6. The average molecular weight is 578 g/mol. The van der Waals surface area contributed by atoms with Crippen LogP contribution in [0, 0.1) is 0 Å². The van der Waals surface area contributed by atoms with Gasteiger partial charge in [0.1, 0.15) is 0 Å². The summed E-state index contributed by atoms with van der Waals surface area (Å²) in [4.78, 5) is 13.5. The summed E-state index contributed by atoms with van der Waals surface area (Å²) in [6.07, 6.45) is 8.41. The zero-order chi connectivity index (χ0) is 26.9. The van der Waals surface area contributed by atoms with Gasteiger partial charge in [0.25, 0.3) is 0 Å². The molecule has 0 aliphatic carbocycles. The van der Waals surface area contributed by atoms with Crippen molar-refractivity contribution in [2.24, 2.45) is 0 Å². The Morgan fingerprint density at radius 3 is 2.43 bits per heavy atom. The number of hydrogen-bond acceptors (Lipinski definition) is 6. The fourth-order valence-electron chi connectivity index (χ4n) is 3.74. The van der Waals surface area contributed by atoms with E-state index in [9.17, 15) is 9.90 Å². The molecular formula is C26H45BrO7Si. The van der Waals surface area contributed by atoms with Crippen molar-refractivity contribution in [1.29, 1.82) is 0 Å². The monoisotopic (exact) mass is 576 g/mol. The summed E-state index contributed by atoms with van der Waals surface area (Å²) < 4.78 is 30.1. The van der Waals surface area contributed by atoms with Crippen molar-refractivity contribution in [3.63, 3.8) is 0 Å². The Kier molecular flexibility index (Phi) is 13.1. The van der Waals surface area contributed by atoms with Crippen molar-refractivity contribution in [3.05, 3.63) is 34.9 Å². The highest BCUT2D eigenvalue weighted by molar-refractivity contribution is 9.11. The van der Waals surface area contributed by atoms with Crippen LogP contribution in [-0.2, 0) is 28.2 Å². The molecule has 1 rings (SSSR count). The van der Waals surface area contributed by atoms with E-state index < -0.39 is 32.3 Å². The fourth-order valence-corrected chi connectivity index (χ4v) is 5.21. The van der Waals surface area contributed by atoms with Crippen molar-refractivity contribution in [2.45, 2.75) is 102 Å². The van der Waals surface area contributed by atoms with E-state index in [4.69, 9.17) is 23.4 Å². The number of carboxylic acid groups (broad SMARTS) is 1. The van der Waals surface area contributed by atoms with E-state index in [1.54, 1.807) is 14.2 Å². The molecule has 0 amide bonds. The highest BCUT2D eigenvalue weighted by Gasteiger charge is 2.48. The van der Waals surface area contributed by atoms with Gasteiger partial charge in [-0.15, -0.1) is 0 Å². The fraction of sp³-hybridized carbons (Fsp3) is 0.731. The van der Waals surface area contributed by atoms with Gasteiger partial charge in [0.2, 0.25) is 0 Å². The maximum atomic E-state index is 11.6. The van der Waals surface area contributed by atoms with Gasteiger partial charge in [-0.25, -0.2) is 0 Å². The predicted molar refractivity (Wildman–Crippen MR) is 145 cm³/mol. The van der Waals surface area contributed by atoms with Gasteiger partial charge in [-0.05, 0) is 36.5 Å². The van der Waals surface area contributed by atoms with Crippen molar-refractivity contribution in [3.8, 4) is 0 Å². The SMILES string of the molecule is CO[C@@H]1C[C@H]([C@@H](/C=C(C)/C=C/[C@@H](C/C=C/Br)OC)O[Si](C)(C)C(C)(C)C)O[C@@](CC(=O)O)(OC)C1. The molecule has 0 aromatic heterocycles. The first-order chi connectivity index (χ1) is 16.2. The molecular weight excluding hydrogens is 532 g/mol. The lowest BCUT2D eigenvalue weighted by atomic mass is 9.92. The Bertz CT molecular complexity index is 759. The third-order valence-electron chi connectivity index (χ3n) is 6.89. The second-order valence-corrected chi connectivity index (χ2v) is 15.9. The lowest BCUT2D eigenvalue weighted by Crippen LogP contribution is -2.55. The average Bonchev–Trinajstić information content (AvgIpc) is 2.77. The Morgan fingerprint density at radius 1 is 1.29 bits per heavy atom. The lowest BCUT2D eigenvalue weighted by Gasteiger charge is -2.47. The highest BCUT2D eigenvalue weighted by Crippen LogP contribution is 2.41. The minimum absolute atomic E-state index is 0.0132. The number of rotatable bonds is 13. The van der Waals surface area contributed by atoms with Gasteiger partial charge >= 0.3 is 5.97 Å². The van der Waals surface area contributed by atoms with Gasteiger partial charge in [-0.3, -0.25) is 4.79 Å². The van der Waals surface area contributed by atoms with Crippen LogP contribution in [-0.4, -0.2) is 70.9 Å². The normalized spacial score (nSPS) is 26.4. The number of carboxylic acids is 1. The molecule has 1 heterocycles. The van der Waals surface area contributed by atoms with Gasteiger partial charge in [0, 0.05) is 34.2 Å². The number of methoxy groups -OCH3 is 3. The van der Waals surface area contributed by atoms with Gasteiger partial charge in [0.15, 0.2) is 14.1 Å². The summed E-state index contributed by atoms with van der Waals surface area (Å²) in [7, 11) is 2.61. The van der Waals surface area contributed by atoms with E-state index >= 15 is 0 Å². The van der Waals surface area contributed by atoms with Crippen molar-refractivity contribution >= 4 is 30.2 Å². The van der Waals surface area contributed by atoms with Crippen LogP contribution >= 0.6 is 15.9 Å². The van der Waals surface area contributed by atoms with Crippen LogP contribution in [0.4, 0.5) is 0 Å². The van der Waals surface area contributed by atoms with Crippen molar-refractivity contribution in [1.82, 2.24) is 0 Å². The molecule has 0 radical (unpaired) electrons. The Morgan fingerprint density at radius 2 is 1.94 bits per heavy atom. The van der Waals surface area contributed by atoms with E-state index in [1.165, 1.54) is 7.11 Å². The largest absolute Gasteiger partial charge is 0.481 e. The first-order valence-electron chi connectivity index (χ1n) is 12.0. The summed E-state index contributed by atoms with van der Waals surface area (Å²) in [5, 5.41) is 9.51. The smallest absolute Gasteiger partial charge is 0.308 e. The zero-order valence-corrected chi connectivity index (χ0v) is 25.4. The first-order valence-corrected chi connectivity index (χ1v) is 15.8. The van der Waals surface area contributed by atoms with Gasteiger partial charge in [0.05, 0.1) is 30.8 Å². The predicted octanol–water partition coefficient (Wildman–Crippen LogP) is 6.20. The van der Waals surface area contributed by atoms with E-state index in [1.807, 2.05) is 30.1 Å². The molecule has 5 atom stereocenters. The van der Waals surface area contributed by atoms with Crippen LogP contribution in [0.2, 0.25) is 18.1 Å². The van der Waals surface area contributed by atoms with E-state index in [-0.39, 0.29) is 23.7 Å². The number of aliphatic carboxylic acids is 1. The number of halogens is 1. The number of hydrogen-bond donors (Lipinski definition) is 1. The summed E-state index contributed by atoms with van der Waals surface area (Å²) in [6.45, 7) is 13.0. The van der Waals surface area contributed by atoms with Crippen LogP contribution in [0.1, 0.15) is 53.4 Å². The molecule has 1 aliphatic rings. The van der Waals surface area contributed by atoms with Crippen LogP contribution in [0.15, 0.2) is 34.9 Å². The minimum atomic E-state index is -2.19. The summed E-state index contributed by atoms with van der Waals surface area (Å²) in [5.41, 5.74) is 1.00. The molecule has 35 heavy (non-hydrogen) atoms. The maximum absolute atomic E-state index is 11.6. The molecule has 1 aliphatic heterocycles. The van der Waals surface area contributed by atoms with Gasteiger partial charge in [-0.2, -0.15) is 0 Å². The van der Waals surface area contributed by atoms with Crippen LogP contribution in [0.25, 0.3) is 0 Å². The second kappa shape index (κ2) is 14.2. The third-order valence-corrected chi connectivity index (χ3v) is 11.7. The number of ether oxygens (including phenoxy) is 4.